The van der Waals surface area contributed by atoms with Crippen LogP contribution in [-0.4, -0.2) is 126 Å². The average molecular weight is 794 g/mol. The Morgan fingerprint density at radius 1 is 1.09 bits per heavy atom. The topological polar surface area (TPSA) is 198 Å². The van der Waals surface area contributed by atoms with E-state index in [1.54, 1.807) is 41.6 Å². The number of imide groups is 2. The fourth-order valence-electron chi connectivity index (χ4n) is 8.28. The highest BCUT2D eigenvalue weighted by atomic mass is 19.1. The van der Waals surface area contributed by atoms with E-state index in [1.807, 2.05) is 24.7 Å². The van der Waals surface area contributed by atoms with Gasteiger partial charge in [-0.2, -0.15) is 15.2 Å². The predicted molar refractivity (Wildman–Crippen MR) is 205 cm³/mol. The van der Waals surface area contributed by atoms with E-state index in [0.29, 0.717) is 41.3 Å². The number of benzene rings is 1. The maximum absolute atomic E-state index is 16.2. The molecular weight excluding hydrogens is 753 g/mol. The number of rotatable bonds is 10. The van der Waals surface area contributed by atoms with Crippen LogP contribution in [0.2, 0.25) is 0 Å². The first-order valence-corrected chi connectivity index (χ1v) is 19.1. The van der Waals surface area contributed by atoms with Crippen LogP contribution in [0.3, 0.4) is 0 Å². The predicted octanol–water partition coefficient (Wildman–Crippen LogP) is 2.79. The molecule has 5 aromatic rings. The molecular formula is C39H40FN11O7. The van der Waals surface area contributed by atoms with Crippen molar-refractivity contribution in [1.29, 1.82) is 0 Å². The number of ether oxygens (including phenoxy) is 2. The number of hydrogen-bond acceptors (Lipinski definition) is 13. The number of carbonyl (C=O) groups excluding carboxylic acids is 5. The van der Waals surface area contributed by atoms with Crippen molar-refractivity contribution >= 4 is 57.6 Å². The van der Waals surface area contributed by atoms with Gasteiger partial charge in [-0.15, -0.1) is 0 Å². The molecule has 1 aromatic carbocycles. The number of amides is 5. The first-order valence-electron chi connectivity index (χ1n) is 19.1. The van der Waals surface area contributed by atoms with Gasteiger partial charge in [0.15, 0.2) is 17.0 Å². The van der Waals surface area contributed by atoms with E-state index in [1.165, 1.54) is 17.8 Å². The van der Waals surface area contributed by atoms with Crippen LogP contribution in [0.1, 0.15) is 76.6 Å². The van der Waals surface area contributed by atoms with Gasteiger partial charge in [0.05, 0.1) is 49.7 Å². The van der Waals surface area contributed by atoms with Crippen LogP contribution < -0.4 is 25.0 Å². The van der Waals surface area contributed by atoms with Crippen molar-refractivity contribution in [1.82, 2.24) is 44.5 Å². The summed E-state index contributed by atoms with van der Waals surface area (Å²) in [6, 6.07) is 5.63. The number of nitrogens with one attached hydrogen (secondary N) is 2. The highest BCUT2D eigenvalue weighted by Crippen LogP contribution is 2.41. The van der Waals surface area contributed by atoms with Crippen LogP contribution in [0.4, 0.5) is 15.8 Å². The van der Waals surface area contributed by atoms with Crippen LogP contribution in [0.25, 0.3) is 16.7 Å². The highest BCUT2D eigenvalue weighted by Gasteiger charge is 2.49. The smallest absolute Gasteiger partial charge is 0.266 e. The fourth-order valence-corrected chi connectivity index (χ4v) is 8.28. The standard InChI is InChI=1S/C39H40FN11O7/c1-21(2)58-36-27(43-34(53)26-16-42-49-10-4-9-41-33(26)49)13-22-17-50(46-32(22)45-36)23-7-11-47(12-8-23)18-39(40)19-48(20-39)24-14-25-31(29(15-24)57-3)38(56)51(37(25)55)28-5-6-30(52)44-35(28)54/h4,9-10,13-17,21,23,28H,5-8,11-12,18-20H2,1-3H3,(H,43,53)(H,44,52,54). The monoisotopic (exact) mass is 793 g/mol. The van der Waals surface area contributed by atoms with Crippen molar-refractivity contribution in [3.63, 3.8) is 0 Å². The molecule has 0 spiro atoms. The lowest BCUT2D eigenvalue weighted by molar-refractivity contribution is -0.136. The average Bonchev–Trinajstić information content (AvgIpc) is 3.88. The molecule has 18 nitrogen and oxygen atoms in total. The Hall–Kier alpha value is -6.50. The minimum absolute atomic E-state index is 0.0112. The number of pyridine rings is 1. The fraction of sp³-hybridized carbons (Fsp3) is 0.410. The molecule has 300 valence electrons. The zero-order valence-electron chi connectivity index (χ0n) is 32.0. The molecule has 8 heterocycles. The Bertz CT molecular complexity index is 2520. The van der Waals surface area contributed by atoms with Gasteiger partial charge in [-0.05, 0) is 51.3 Å². The summed E-state index contributed by atoms with van der Waals surface area (Å²) in [4.78, 5) is 78.1. The highest BCUT2D eigenvalue weighted by molar-refractivity contribution is 6.25. The molecule has 4 aromatic heterocycles. The maximum atomic E-state index is 16.2. The molecule has 19 heteroatoms. The molecule has 0 aliphatic carbocycles. The molecule has 9 rings (SSSR count). The van der Waals surface area contributed by atoms with Gasteiger partial charge in [-0.3, -0.25) is 43.8 Å². The first-order chi connectivity index (χ1) is 27.9. The van der Waals surface area contributed by atoms with E-state index in [4.69, 9.17) is 14.6 Å². The zero-order chi connectivity index (χ0) is 40.5. The van der Waals surface area contributed by atoms with Crippen LogP contribution >= 0.6 is 0 Å². The quantitative estimate of drug-likeness (QED) is 0.196. The lowest BCUT2D eigenvalue weighted by atomic mass is 9.92. The van der Waals surface area contributed by atoms with Crippen molar-refractivity contribution in [3.05, 3.63) is 65.7 Å². The van der Waals surface area contributed by atoms with Crippen molar-refractivity contribution in [2.75, 3.05) is 50.1 Å². The molecule has 5 amide bonds. The summed E-state index contributed by atoms with van der Waals surface area (Å²) >= 11 is 0. The van der Waals surface area contributed by atoms with Gasteiger partial charge in [-0.25, -0.2) is 13.9 Å². The number of nitrogens with zero attached hydrogens (tertiary/aromatic N) is 9. The normalized spacial score (nSPS) is 19.8. The Morgan fingerprint density at radius 2 is 1.88 bits per heavy atom. The second-order valence-corrected chi connectivity index (χ2v) is 15.5. The van der Waals surface area contributed by atoms with Gasteiger partial charge in [0.2, 0.25) is 17.7 Å². The molecule has 1 unspecified atom stereocenters. The third kappa shape index (κ3) is 6.53. The Kier molecular flexibility index (Phi) is 9.05. The minimum atomic E-state index is -1.50. The first kappa shape index (κ1) is 37.1. The largest absolute Gasteiger partial charge is 0.496 e. The number of alkyl halides is 1. The number of halogens is 1. The molecule has 4 aliphatic heterocycles. The van der Waals surface area contributed by atoms with Crippen LogP contribution in [-0.2, 0) is 9.59 Å². The molecule has 58 heavy (non-hydrogen) atoms. The molecule has 0 bridgehead atoms. The molecule has 0 saturated carbocycles. The van der Waals surface area contributed by atoms with Gasteiger partial charge in [0, 0.05) is 61.8 Å². The summed E-state index contributed by atoms with van der Waals surface area (Å²) in [6.07, 6.45) is 7.97. The van der Waals surface area contributed by atoms with Crippen molar-refractivity contribution in [2.24, 2.45) is 0 Å². The number of likely N-dealkylation sites (tertiary alicyclic amines) is 1. The summed E-state index contributed by atoms with van der Waals surface area (Å²) in [5.74, 6) is -2.47. The second kappa shape index (κ2) is 14.2. The van der Waals surface area contributed by atoms with E-state index >= 15 is 4.39 Å². The summed E-state index contributed by atoms with van der Waals surface area (Å²) in [7, 11) is 1.38. The Balaban J connectivity index is 0.839. The van der Waals surface area contributed by atoms with Gasteiger partial charge in [0.25, 0.3) is 17.7 Å². The third-order valence-electron chi connectivity index (χ3n) is 11.1. The van der Waals surface area contributed by atoms with Crippen molar-refractivity contribution in [2.45, 2.75) is 63.4 Å². The number of methoxy groups -OCH3 is 1. The molecule has 3 fully saturated rings. The van der Waals surface area contributed by atoms with E-state index in [0.717, 1.165) is 23.1 Å². The van der Waals surface area contributed by atoms with Crippen LogP contribution in [0.15, 0.2) is 49.1 Å². The molecule has 3 saturated heterocycles. The van der Waals surface area contributed by atoms with Crippen LogP contribution in [0.5, 0.6) is 11.6 Å². The Morgan fingerprint density at radius 3 is 2.62 bits per heavy atom. The van der Waals surface area contributed by atoms with Gasteiger partial charge >= 0.3 is 0 Å². The van der Waals surface area contributed by atoms with E-state index < -0.39 is 41.2 Å². The number of hydrogen-bond donors (Lipinski definition) is 2. The maximum Gasteiger partial charge on any atom is 0.266 e. The van der Waals surface area contributed by atoms with Crippen LogP contribution in [0, 0.1) is 0 Å². The van der Waals surface area contributed by atoms with E-state index in [9.17, 15) is 24.0 Å². The molecule has 4 aliphatic rings. The Labute approximate surface area is 330 Å². The number of fused-ring (bicyclic) bond motifs is 3. The zero-order valence-corrected chi connectivity index (χ0v) is 32.0. The van der Waals surface area contributed by atoms with Crippen molar-refractivity contribution < 1.29 is 37.8 Å². The number of carbonyl (C=O) groups is 5. The summed E-state index contributed by atoms with van der Waals surface area (Å²) in [5, 5.41) is 14.8. The van der Waals surface area contributed by atoms with Gasteiger partial charge in [0.1, 0.15) is 23.0 Å². The number of piperidine rings is 2. The van der Waals surface area contributed by atoms with Crippen molar-refractivity contribution in [3.8, 4) is 11.6 Å². The molecule has 0 radical (unpaired) electrons. The second-order valence-electron chi connectivity index (χ2n) is 15.5. The summed E-state index contributed by atoms with van der Waals surface area (Å²) in [6.45, 7) is 5.43. The number of aromatic nitrogens is 6. The summed E-state index contributed by atoms with van der Waals surface area (Å²) in [5.41, 5.74) is 0.752. The number of anilines is 2. The van der Waals surface area contributed by atoms with Gasteiger partial charge < -0.3 is 19.7 Å². The van der Waals surface area contributed by atoms with Gasteiger partial charge in [-0.1, -0.05) is 0 Å². The lowest BCUT2D eigenvalue weighted by Gasteiger charge is -2.48. The molecule has 2 N–H and O–H groups in total. The lowest BCUT2D eigenvalue weighted by Crippen LogP contribution is -2.64. The third-order valence-corrected chi connectivity index (χ3v) is 11.1. The molecule has 1 atom stereocenters. The van der Waals surface area contributed by atoms with E-state index in [2.05, 4.69) is 30.6 Å². The van der Waals surface area contributed by atoms with E-state index in [-0.39, 0.29) is 67.4 Å². The minimum Gasteiger partial charge on any atom is -0.496 e. The summed E-state index contributed by atoms with van der Waals surface area (Å²) < 4.78 is 31.1. The SMILES string of the molecule is COc1cc(N2CC(F)(CN3CCC(n4cc5cc(NC(=O)c6cnn7cccnc67)c(OC(C)C)nc5n4)CC3)C2)cc2c1C(=O)N(C1CCC(=O)NC1=O)C2=O.